The van der Waals surface area contributed by atoms with Crippen molar-refractivity contribution < 1.29 is 9.53 Å². The lowest BCUT2D eigenvalue weighted by molar-refractivity contribution is -0.138. The highest BCUT2D eigenvalue weighted by atomic mass is 35.5. The number of fused-ring (bicyclic) bond motifs is 1. The molecule has 3 heterocycles. The van der Waals surface area contributed by atoms with Gasteiger partial charge < -0.3 is 9.64 Å². The summed E-state index contributed by atoms with van der Waals surface area (Å²) in [6, 6.07) is 22.4. The van der Waals surface area contributed by atoms with Gasteiger partial charge in [0.05, 0.1) is 28.5 Å². The summed E-state index contributed by atoms with van der Waals surface area (Å²) in [5, 5.41) is 0.568. The zero-order valence-corrected chi connectivity index (χ0v) is 24.5. The highest BCUT2D eigenvalue weighted by Gasteiger charge is 2.35. The molecule has 6 rings (SSSR count). The molecule has 0 radical (unpaired) electrons. The Kier molecular flexibility index (Phi) is 7.65. The SMILES string of the molecule is CCOC(=O)C1=C(c2ccccc2)N=c2s/c(=C/c3ccc(N4CCCC4)c(C)c3)c(=O)n2[C@@H]1c1ccc(Cl)cc1. The summed E-state index contributed by atoms with van der Waals surface area (Å²) in [4.78, 5) is 35.5. The molecule has 2 aliphatic rings. The molecule has 8 heteroatoms. The maximum Gasteiger partial charge on any atom is 0.338 e. The molecule has 6 nitrogen and oxygen atoms in total. The van der Waals surface area contributed by atoms with Gasteiger partial charge in [-0.05, 0) is 73.7 Å². The summed E-state index contributed by atoms with van der Waals surface area (Å²) in [6.07, 6.45) is 4.35. The summed E-state index contributed by atoms with van der Waals surface area (Å²) in [6.45, 7) is 6.25. The summed E-state index contributed by atoms with van der Waals surface area (Å²) < 4.78 is 7.69. The quantitative estimate of drug-likeness (QED) is 0.281. The molecule has 1 saturated heterocycles. The van der Waals surface area contributed by atoms with Crippen LogP contribution in [-0.2, 0) is 9.53 Å². The molecule has 0 aliphatic carbocycles. The third-order valence-corrected chi connectivity index (χ3v) is 8.76. The number of thiazole rings is 1. The van der Waals surface area contributed by atoms with Crippen LogP contribution >= 0.6 is 22.9 Å². The molecule has 0 N–H and O–H groups in total. The third kappa shape index (κ3) is 5.27. The predicted molar refractivity (Wildman–Crippen MR) is 165 cm³/mol. The van der Waals surface area contributed by atoms with Gasteiger partial charge in [-0.15, -0.1) is 0 Å². The number of esters is 1. The maximum atomic E-state index is 14.1. The van der Waals surface area contributed by atoms with Crippen LogP contribution < -0.4 is 19.8 Å². The Hall–Kier alpha value is -3.94. The summed E-state index contributed by atoms with van der Waals surface area (Å²) in [7, 11) is 0. The first kappa shape index (κ1) is 27.2. The fourth-order valence-corrected chi connectivity index (χ4v) is 6.76. The molecule has 0 amide bonds. The minimum atomic E-state index is -0.723. The second-order valence-electron chi connectivity index (χ2n) is 10.2. The highest BCUT2D eigenvalue weighted by molar-refractivity contribution is 7.07. The Labute approximate surface area is 247 Å². The Morgan fingerprint density at radius 3 is 2.49 bits per heavy atom. The number of hydrogen-bond donors (Lipinski definition) is 0. The Morgan fingerprint density at radius 1 is 1.07 bits per heavy atom. The van der Waals surface area contributed by atoms with E-state index in [0.29, 0.717) is 25.6 Å². The number of aromatic nitrogens is 1. The van der Waals surface area contributed by atoms with Crippen molar-refractivity contribution >= 4 is 46.4 Å². The van der Waals surface area contributed by atoms with Crippen LogP contribution in [0.5, 0.6) is 0 Å². The molecule has 1 fully saturated rings. The van der Waals surface area contributed by atoms with Crippen molar-refractivity contribution in [2.75, 3.05) is 24.6 Å². The first-order valence-electron chi connectivity index (χ1n) is 13.8. The molecule has 208 valence electrons. The number of nitrogens with zero attached hydrogens (tertiary/aromatic N) is 3. The van der Waals surface area contributed by atoms with Gasteiger partial charge in [0.2, 0.25) is 0 Å². The van der Waals surface area contributed by atoms with Gasteiger partial charge in [0.25, 0.3) is 5.56 Å². The zero-order valence-electron chi connectivity index (χ0n) is 23.0. The predicted octanol–water partition coefficient (Wildman–Crippen LogP) is 5.50. The van der Waals surface area contributed by atoms with Crippen molar-refractivity contribution in [3.63, 3.8) is 0 Å². The Balaban J connectivity index is 1.55. The number of benzene rings is 3. The standard InChI is InChI=1S/C33H30ClN3O3S/c1-3-40-32(39)28-29(23-9-5-4-6-10-23)35-33-37(30(28)24-12-14-25(34)15-13-24)31(38)27(41-33)20-22-11-16-26(21(2)19-22)36-17-7-8-18-36/h4-6,9-16,19-20,30H,3,7-8,17-18H2,1-2H3/b27-20+/t30-/m1/s1. The second-order valence-corrected chi connectivity index (χ2v) is 11.7. The molecule has 3 aromatic carbocycles. The number of halogens is 1. The van der Waals surface area contributed by atoms with E-state index >= 15 is 0 Å². The lowest BCUT2D eigenvalue weighted by Crippen LogP contribution is -2.40. The number of anilines is 1. The zero-order chi connectivity index (χ0) is 28.5. The van der Waals surface area contributed by atoms with Gasteiger partial charge >= 0.3 is 5.97 Å². The van der Waals surface area contributed by atoms with Crippen LogP contribution in [0.15, 0.2) is 88.2 Å². The molecule has 0 spiro atoms. The van der Waals surface area contributed by atoms with Gasteiger partial charge in [0.15, 0.2) is 4.80 Å². The monoisotopic (exact) mass is 583 g/mol. The van der Waals surface area contributed by atoms with Crippen molar-refractivity contribution in [3.05, 3.63) is 125 Å². The van der Waals surface area contributed by atoms with E-state index in [1.807, 2.05) is 48.5 Å². The lowest BCUT2D eigenvalue weighted by atomic mass is 9.93. The number of aryl methyl sites for hydroxylation is 1. The van der Waals surface area contributed by atoms with Crippen LogP contribution in [0.1, 0.15) is 48.1 Å². The number of ether oxygens (including phenoxy) is 1. The average Bonchev–Trinajstić information content (AvgIpc) is 3.62. The average molecular weight is 584 g/mol. The number of rotatable bonds is 6. The number of hydrogen-bond acceptors (Lipinski definition) is 6. The van der Waals surface area contributed by atoms with E-state index in [9.17, 15) is 9.59 Å². The van der Waals surface area contributed by atoms with E-state index in [1.165, 1.54) is 35.4 Å². The van der Waals surface area contributed by atoms with Gasteiger partial charge in [0.1, 0.15) is 0 Å². The molecule has 1 atom stereocenters. The topological polar surface area (TPSA) is 63.9 Å². The first-order chi connectivity index (χ1) is 19.9. The minimum Gasteiger partial charge on any atom is -0.463 e. The maximum absolute atomic E-state index is 14.1. The van der Waals surface area contributed by atoms with Gasteiger partial charge in [-0.3, -0.25) is 9.36 Å². The van der Waals surface area contributed by atoms with Crippen LogP contribution in [0.2, 0.25) is 5.02 Å². The van der Waals surface area contributed by atoms with E-state index in [0.717, 1.165) is 29.8 Å². The molecular formula is C33H30ClN3O3S. The van der Waals surface area contributed by atoms with E-state index in [2.05, 4.69) is 30.0 Å². The van der Waals surface area contributed by atoms with Crippen molar-refractivity contribution in [1.29, 1.82) is 0 Å². The number of carbonyl (C=O) groups excluding carboxylic acids is 1. The van der Waals surface area contributed by atoms with E-state index in [1.54, 1.807) is 23.6 Å². The molecule has 2 aliphatic heterocycles. The van der Waals surface area contributed by atoms with Crippen LogP contribution in [0.25, 0.3) is 11.8 Å². The van der Waals surface area contributed by atoms with Crippen LogP contribution in [0.4, 0.5) is 5.69 Å². The smallest absolute Gasteiger partial charge is 0.338 e. The van der Waals surface area contributed by atoms with Crippen LogP contribution in [0.3, 0.4) is 0 Å². The van der Waals surface area contributed by atoms with E-state index in [4.69, 9.17) is 21.3 Å². The fraction of sp³-hybridized carbons (Fsp3) is 0.242. The van der Waals surface area contributed by atoms with Gasteiger partial charge in [0, 0.05) is 29.4 Å². The first-order valence-corrected chi connectivity index (χ1v) is 15.0. The summed E-state index contributed by atoms with van der Waals surface area (Å²) >= 11 is 7.54. The number of carbonyl (C=O) groups is 1. The summed E-state index contributed by atoms with van der Waals surface area (Å²) in [5.74, 6) is -0.502. The molecule has 1 aromatic heterocycles. The second kappa shape index (κ2) is 11.5. The molecular weight excluding hydrogens is 554 g/mol. The molecule has 0 unspecified atom stereocenters. The van der Waals surface area contributed by atoms with Gasteiger partial charge in [-0.2, -0.15) is 0 Å². The minimum absolute atomic E-state index is 0.203. The van der Waals surface area contributed by atoms with Gasteiger partial charge in [-0.25, -0.2) is 9.79 Å². The largest absolute Gasteiger partial charge is 0.463 e. The Bertz CT molecular complexity index is 1820. The normalized spacial score (nSPS) is 17.0. The van der Waals surface area contributed by atoms with Gasteiger partial charge in [-0.1, -0.05) is 71.5 Å². The third-order valence-electron chi connectivity index (χ3n) is 7.52. The molecule has 0 saturated carbocycles. The van der Waals surface area contributed by atoms with E-state index < -0.39 is 12.0 Å². The van der Waals surface area contributed by atoms with Crippen molar-refractivity contribution in [3.8, 4) is 0 Å². The van der Waals surface area contributed by atoms with Crippen LogP contribution in [0, 0.1) is 6.92 Å². The molecule has 0 bridgehead atoms. The highest BCUT2D eigenvalue weighted by Crippen LogP contribution is 2.35. The van der Waals surface area contributed by atoms with E-state index in [-0.39, 0.29) is 12.2 Å². The lowest BCUT2D eigenvalue weighted by Gasteiger charge is -2.26. The summed E-state index contributed by atoms with van der Waals surface area (Å²) in [5.41, 5.74) is 5.53. The van der Waals surface area contributed by atoms with Crippen molar-refractivity contribution in [2.45, 2.75) is 32.7 Å². The molecule has 4 aromatic rings. The van der Waals surface area contributed by atoms with Crippen molar-refractivity contribution in [2.24, 2.45) is 4.99 Å². The Morgan fingerprint density at radius 2 is 1.80 bits per heavy atom. The van der Waals surface area contributed by atoms with Crippen molar-refractivity contribution in [1.82, 2.24) is 4.57 Å². The van der Waals surface area contributed by atoms with Crippen LogP contribution in [-0.4, -0.2) is 30.2 Å². The molecule has 41 heavy (non-hydrogen) atoms. The fourth-order valence-electron chi connectivity index (χ4n) is 5.63.